The van der Waals surface area contributed by atoms with Gasteiger partial charge in [0, 0.05) is 19.7 Å². The summed E-state index contributed by atoms with van der Waals surface area (Å²) in [4.78, 5) is 12.9. The molecule has 0 aliphatic rings. The fourth-order valence-electron chi connectivity index (χ4n) is 1.41. The van der Waals surface area contributed by atoms with Crippen LogP contribution in [0, 0.1) is 0 Å². The number of oxime groups is 1. The predicted molar refractivity (Wildman–Crippen MR) is 69.2 cm³/mol. The number of hydrogen-bond acceptors (Lipinski definition) is 4. The minimum absolute atomic E-state index is 0.0353. The van der Waals surface area contributed by atoms with Crippen LogP contribution in [0.2, 0.25) is 0 Å². The molecule has 0 aliphatic heterocycles. The lowest BCUT2D eigenvalue weighted by molar-refractivity contribution is -0.130. The molecule has 0 fully saturated rings. The average molecular weight is 250 g/mol. The fourth-order valence-corrected chi connectivity index (χ4v) is 1.41. The van der Waals surface area contributed by atoms with Crippen molar-refractivity contribution in [3.8, 4) is 5.75 Å². The molecule has 1 rings (SSSR count). The first-order valence-electron chi connectivity index (χ1n) is 5.73. The van der Waals surface area contributed by atoms with Crippen molar-refractivity contribution in [3.63, 3.8) is 0 Å². The first-order valence-corrected chi connectivity index (χ1v) is 5.73. The predicted octanol–water partition coefficient (Wildman–Crippen LogP) is 1.74. The minimum atomic E-state index is -0.121. The van der Waals surface area contributed by atoms with Crippen LogP contribution in [0.1, 0.15) is 18.9 Å². The Bertz CT molecular complexity index is 442. The molecule has 0 unspecified atom stereocenters. The van der Waals surface area contributed by atoms with E-state index in [9.17, 15) is 4.79 Å². The first-order chi connectivity index (χ1) is 8.60. The Morgan fingerprint density at radius 2 is 2.06 bits per heavy atom. The maximum atomic E-state index is 11.5. The molecule has 0 saturated heterocycles. The number of para-hydroxylation sites is 1. The quantitative estimate of drug-likeness (QED) is 0.492. The Labute approximate surface area is 107 Å². The van der Waals surface area contributed by atoms with Gasteiger partial charge in [0.1, 0.15) is 5.75 Å². The van der Waals surface area contributed by atoms with Gasteiger partial charge in [-0.3, -0.25) is 4.79 Å². The van der Waals surface area contributed by atoms with Crippen LogP contribution in [-0.2, 0) is 4.79 Å². The molecule has 5 nitrogen and oxygen atoms in total. The highest BCUT2D eigenvalue weighted by molar-refractivity contribution is 6.02. The molecule has 0 radical (unpaired) electrons. The molecule has 1 aromatic carbocycles. The largest absolute Gasteiger partial charge is 0.483 e. The molecular weight excluding hydrogens is 232 g/mol. The van der Waals surface area contributed by atoms with Crippen LogP contribution in [-0.4, -0.2) is 42.4 Å². The summed E-state index contributed by atoms with van der Waals surface area (Å²) in [6.07, 6.45) is 0.582. The molecule has 0 bridgehead atoms. The molecule has 0 saturated carbocycles. The second kappa shape index (κ2) is 6.64. The summed E-state index contributed by atoms with van der Waals surface area (Å²) >= 11 is 0. The summed E-state index contributed by atoms with van der Waals surface area (Å²) < 4.78 is 5.46. The van der Waals surface area contributed by atoms with Gasteiger partial charge in [-0.2, -0.15) is 0 Å². The first kappa shape index (κ1) is 14.0. The van der Waals surface area contributed by atoms with Crippen molar-refractivity contribution in [2.45, 2.75) is 13.3 Å². The highest BCUT2D eigenvalue weighted by Gasteiger charge is 2.11. The van der Waals surface area contributed by atoms with Gasteiger partial charge in [0.05, 0.1) is 5.71 Å². The van der Waals surface area contributed by atoms with E-state index >= 15 is 0 Å². The van der Waals surface area contributed by atoms with Gasteiger partial charge in [0.25, 0.3) is 5.91 Å². The molecule has 1 amide bonds. The van der Waals surface area contributed by atoms with Crippen LogP contribution in [0.4, 0.5) is 0 Å². The summed E-state index contributed by atoms with van der Waals surface area (Å²) in [7, 11) is 3.34. The Morgan fingerprint density at radius 1 is 1.39 bits per heavy atom. The molecule has 1 aromatic rings. The molecular formula is C13H18N2O3. The molecule has 1 N–H and O–H groups in total. The normalized spacial score (nSPS) is 11.2. The van der Waals surface area contributed by atoms with E-state index in [4.69, 9.17) is 9.94 Å². The number of likely N-dealkylation sites (N-methyl/N-ethyl adjacent to an activating group) is 1. The Balaban J connectivity index is 2.86. The molecule has 0 atom stereocenters. The number of ether oxygens (including phenoxy) is 1. The highest BCUT2D eigenvalue weighted by atomic mass is 16.5. The fraction of sp³-hybridized carbons (Fsp3) is 0.385. The Morgan fingerprint density at radius 3 is 2.61 bits per heavy atom. The maximum absolute atomic E-state index is 11.5. The molecule has 18 heavy (non-hydrogen) atoms. The van der Waals surface area contributed by atoms with E-state index in [0.717, 1.165) is 0 Å². The Kier molecular flexibility index (Phi) is 5.17. The number of carbonyl (C=O) groups is 1. The number of carbonyl (C=O) groups excluding carboxylic acids is 1. The molecule has 0 aliphatic carbocycles. The van der Waals surface area contributed by atoms with Crippen LogP contribution >= 0.6 is 0 Å². The standard InChI is InChI=1S/C13H18N2O3/c1-4-11(14-17)10-7-5-6-8-12(10)18-9-13(16)15(2)3/h5-8,17H,4,9H2,1-3H3/b14-11+. The second-order valence-corrected chi connectivity index (χ2v) is 3.97. The molecule has 5 heteroatoms. The van der Waals surface area contributed by atoms with Gasteiger partial charge in [0.15, 0.2) is 6.61 Å². The smallest absolute Gasteiger partial charge is 0.259 e. The lowest BCUT2D eigenvalue weighted by Gasteiger charge is -2.14. The topological polar surface area (TPSA) is 62.1 Å². The molecule has 98 valence electrons. The van der Waals surface area contributed by atoms with Gasteiger partial charge in [-0.05, 0) is 18.6 Å². The molecule has 0 heterocycles. The van der Waals surface area contributed by atoms with Gasteiger partial charge >= 0.3 is 0 Å². The summed E-state index contributed by atoms with van der Waals surface area (Å²) in [6, 6.07) is 7.19. The van der Waals surface area contributed by atoms with E-state index in [0.29, 0.717) is 23.4 Å². The van der Waals surface area contributed by atoms with E-state index in [1.807, 2.05) is 19.1 Å². The van der Waals surface area contributed by atoms with Crippen LogP contribution in [0.3, 0.4) is 0 Å². The molecule has 0 aromatic heterocycles. The van der Waals surface area contributed by atoms with Crippen molar-refractivity contribution in [1.82, 2.24) is 4.90 Å². The summed E-state index contributed by atoms with van der Waals surface area (Å²) in [6.45, 7) is 1.85. The van der Waals surface area contributed by atoms with E-state index < -0.39 is 0 Å². The average Bonchev–Trinajstić information content (AvgIpc) is 2.38. The zero-order valence-corrected chi connectivity index (χ0v) is 10.9. The van der Waals surface area contributed by atoms with Crippen molar-refractivity contribution in [3.05, 3.63) is 29.8 Å². The van der Waals surface area contributed by atoms with Gasteiger partial charge in [-0.1, -0.05) is 24.2 Å². The number of amides is 1. The number of hydrogen-bond donors (Lipinski definition) is 1. The number of benzene rings is 1. The van der Waals surface area contributed by atoms with Gasteiger partial charge in [-0.25, -0.2) is 0 Å². The van der Waals surface area contributed by atoms with Gasteiger partial charge < -0.3 is 14.8 Å². The maximum Gasteiger partial charge on any atom is 0.259 e. The molecule has 0 spiro atoms. The SMILES string of the molecule is CC/C(=N\O)c1ccccc1OCC(=O)N(C)C. The third-order valence-corrected chi connectivity index (χ3v) is 2.50. The number of rotatable bonds is 5. The van der Waals surface area contributed by atoms with Crippen molar-refractivity contribution in [1.29, 1.82) is 0 Å². The summed E-state index contributed by atoms with van der Waals surface area (Å²) in [5.41, 5.74) is 1.23. The zero-order chi connectivity index (χ0) is 13.5. The van der Waals surface area contributed by atoms with Crippen molar-refractivity contribution in [2.75, 3.05) is 20.7 Å². The van der Waals surface area contributed by atoms with Crippen molar-refractivity contribution >= 4 is 11.6 Å². The van der Waals surface area contributed by atoms with E-state index in [1.54, 1.807) is 26.2 Å². The Hall–Kier alpha value is -2.04. The minimum Gasteiger partial charge on any atom is -0.483 e. The van der Waals surface area contributed by atoms with E-state index in [-0.39, 0.29) is 12.5 Å². The van der Waals surface area contributed by atoms with Gasteiger partial charge in [-0.15, -0.1) is 0 Å². The van der Waals surface area contributed by atoms with Crippen molar-refractivity contribution < 1.29 is 14.7 Å². The third kappa shape index (κ3) is 3.48. The van der Waals surface area contributed by atoms with Crippen LogP contribution < -0.4 is 4.74 Å². The van der Waals surface area contributed by atoms with Crippen LogP contribution in [0.5, 0.6) is 5.75 Å². The summed E-state index contributed by atoms with van der Waals surface area (Å²) in [5.74, 6) is 0.422. The lowest BCUT2D eigenvalue weighted by atomic mass is 10.1. The summed E-state index contributed by atoms with van der Waals surface area (Å²) in [5, 5.41) is 12.2. The highest BCUT2D eigenvalue weighted by Crippen LogP contribution is 2.20. The van der Waals surface area contributed by atoms with E-state index in [2.05, 4.69) is 5.16 Å². The third-order valence-electron chi connectivity index (χ3n) is 2.50. The van der Waals surface area contributed by atoms with Crippen molar-refractivity contribution in [2.24, 2.45) is 5.16 Å². The second-order valence-electron chi connectivity index (χ2n) is 3.97. The monoisotopic (exact) mass is 250 g/mol. The number of nitrogens with zero attached hydrogens (tertiary/aromatic N) is 2. The van der Waals surface area contributed by atoms with Crippen LogP contribution in [0.15, 0.2) is 29.4 Å². The lowest BCUT2D eigenvalue weighted by Crippen LogP contribution is -2.27. The van der Waals surface area contributed by atoms with Gasteiger partial charge in [0.2, 0.25) is 0 Å². The van der Waals surface area contributed by atoms with Crippen LogP contribution in [0.25, 0.3) is 0 Å². The zero-order valence-electron chi connectivity index (χ0n) is 10.9. The van der Waals surface area contributed by atoms with E-state index in [1.165, 1.54) is 4.90 Å².